The standard InChI is InChI=1S/C21H17F4N3O2/c1-10-6-7-26-17(18(29)21(23,24)25)16(10)13-5-4-12-9-15(27-19(22)14(12)8-13)28-20(30)11-2-3-11/h4-9,11,18,29H,2-3H2,1H3,(H,27,28,30)/t18-/m1/s1. The number of alkyl halides is 3. The highest BCUT2D eigenvalue weighted by Gasteiger charge is 2.42. The molecule has 0 saturated heterocycles. The van der Waals surface area contributed by atoms with Crippen LogP contribution in [0, 0.1) is 18.8 Å². The van der Waals surface area contributed by atoms with E-state index in [1.165, 1.54) is 36.5 Å². The van der Waals surface area contributed by atoms with Crippen LogP contribution in [0.3, 0.4) is 0 Å². The van der Waals surface area contributed by atoms with Crippen molar-refractivity contribution in [1.29, 1.82) is 0 Å². The first-order chi connectivity index (χ1) is 14.1. The van der Waals surface area contributed by atoms with Crippen molar-refractivity contribution >= 4 is 22.5 Å². The van der Waals surface area contributed by atoms with E-state index < -0.39 is 23.9 Å². The lowest BCUT2D eigenvalue weighted by molar-refractivity contribution is -0.207. The summed E-state index contributed by atoms with van der Waals surface area (Å²) < 4.78 is 53.9. The Kier molecular flexibility index (Phi) is 4.93. The predicted molar refractivity (Wildman–Crippen MR) is 102 cm³/mol. The quantitative estimate of drug-likeness (QED) is 0.475. The van der Waals surface area contributed by atoms with Crippen LogP contribution in [-0.4, -0.2) is 27.2 Å². The molecule has 1 amide bonds. The van der Waals surface area contributed by atoms with Crippen molar-refractivity contribution in [2.75, 3.05) is 5.32 Å². The molecule has 0 unspecified atom stereocenters. The van der Waals surface area contributed by atoms with Crippen LogP contribution >= 0.6 is 0 Å². The number of fused-ring (bicyclic) bond motifs is 1. The van der Waals surface area contributed by atoms with Crippen molar-refractivity contribution < 1.29 is 27.5 Å². The number of amides is 1. The van der Waals surface area contributed by atoms with E-state index in [1.54, 1.807) is 6.92 Å². The van der Waals surface area contributed by atoms with E-state index in [9.17, 15) is 27.5 Å². The van der Waals surface area contributed by atoms with E-state index in [2.05, 4.69) is 15.3 Å². The van der Waals surface area contributed by atoms with Crippen molar-refractivity contribution in [3.05, 3.63) is 53.7 Å². The fraction of sp³-hybridized carbons (Fsp3) is 0.286. The Balaban J connectivity index is 1.78. The Morgan fingerprint density at radius 1 is 1.23 bits per heavy atom. The summed E-state index contributed by atoms with van der Waals surface area (Å²) in [6.07, 6.45) is -4.90. The lowest BCUT2D eigenvalue weighted by atomic mass is 9.95. The molecule has 2 aromatic heterocycles. The molecule has 4 rings (SSSR count). The molecule has 156 valence electrons. The Hall–Kier alpha value is -3.07. The number of benzene rings is 1. The third-order valence-electron chi connectivity index (χ3n) is 5.03. The number of carbonyl (C=O) groups excluding carboxylic acids is 1. The first-order valence-corrected chi connectivity index (χ1v) is 9.27. The summed E-state index contributed by atoms with van der Waals surface area (Å²) in [5.41, 5.74) is 0.240. The van der Waals surface area contributed by atoms with Gasteiger partial charge in [0.1, 0.15) is 5.82 Å². The van der Waals surface area contributed by atoms with Gasteiger partial charge in [-0.3, -0.25) is 9.78 Å². The number of aliphatic hydroxyl groups is 1. The highest BCUT2D eigenvalue weighted by atomic mass is 19.4. The monoisotopic (exact) mass is 419 g/mol. The number of nitrogens with zero attached hydrogens (tertiary/aromatic N) is 2. The number of rotatable bonds is 4. The third kappa shape index (κ3) is 3.85. The van der Waals surface area contributed by atoms with Gasteiger partial charge in [0.2, 0.25) is 11.9 Å². The number of nitrogens with one attached hydrogen (secondary N) is 1. The second kappa shape index (κ2) is 7.32. The SMILES string of the molecule is Cc1ccnc([C@@H](O)C(F)(F)F)c1-c1ccc2cc(NC(=O)C3CC3)nc(F)c2c1. The van der Waals surface area contributed by atoms with Gasteiger partial charge in [-0.15, -0.1) is 0 Å². The summed E-state index contributed by atoms with van der Waals surface area (Å²) in [6.45, 7) is 1.58. The number of aromatic nitrogens is 2. The maximum Gasteiger partial charge on any atom is 0.420 e. The number of carbonyl (C=O) groups is 1. The topological polar surface area (TPSA) is 75.1 Å². The zero-order valence-electron chi connectivity index (χ0n) is 15.8. The van der Waals surface area contributed by atoms with Gasteiger partial charge in [-0.1, -0.05) is 12.1 Å². The number of pyridine rings is 2. The summed E-state index contributed by atoms with van der Waals surface area (Å²) in [7, 11) is 0. The molecule has 0 bridgehead atoms. The molecule has 5 nitrogen and oxygen atoms in total. The van der Waals surface area contributed by atoms with Gasteiger partial charge in [0, 0.05) is 23.1 Å². The van der Waals surface area contributed by atoms with Gasteiger partial charge in [-0.05, 0) is 54.5 Å². The van der Waals surface area contributed by atoms with Gasteiger partial charge in [-0.2, -0.15) is 17.6 Å². The number of aryl methyl sites for hydroxylation is 1. The van der Waals surface area contributed by atoms with Crippen molar-refractivity contribution in [3.63, 3.8) is 0 Å². The Morgan fingerprint density at radius 3 is 2.63 bits per heavy atom. The maximum atomic E-state index is 14.7. The molecular formula is C21H17F4N3O2. The highest BCUT2D eigenvalue weighted by molar-refractivity contribution is 5.96. The molecule has 0 spiro atoms. The normalized spacial score (nSPS) is 15.3. The maximum absolute atomic E-state index is 14.7. The van der Waals surface area contributed by atoms with Gasteiger partial charge < -0.3 is 10.4 Å². The summed E-state index contributed by atoms with van der Waals surface area (Å²) >= 11 is 0. The van der Waals surface area contributed by atoms with E-state index in [0.29, 0.717) is 10.9 Å². The summed E-state index contributed by atoms with van der Waals surface area (Å²) in [5, 5.41) is 12.8. The van der Waals surface area contributed by atoms with E-state index in [1.807, 2.05) is 0 Å². The molecule has 9 heteroatoms. The van der Waals surface area contributed by atoms with Gasteiger partial charge in [0.05, 0.1) is 5.69 Å². The molecule has 30 heavy (non-hydrogen) atoms. The fourth-order valence-corrected chi connectivity index (χ4v) is 3.32. The van der Waals surface area contributed by atoms with Crippen LogP contribution in [0.4, 0.5) is 23.4 Å². The predicted octanol–water partition coefficient (Wildman–Crippen LogP) is 4.69. The largest absolute Gasteiger partial charge is 0.420 e. The highest BCUT2D eigenvalue weighted by Crippen LogP contribution is 2.39. The summed E-state index contributed by atoms with van der Waals surface area (Å²) in [5.74, 6) is -1.06. The number of hydrogen-bond donors (Lipinski definition) is 2. The van der Waals surface area contributed by atoms with Gasteiger partial charge in [-0.25, -0.2) is 4.98 Å². The van der Waals surface area contributed by atoms with Crippen LogP contribution < -0.4 is 5.32 Å². The smallest absolute Gasteiger partial charge is 0.378 e. The second-order valence-corrected chi connectivity index (χ2v) is 7.33. The van der Waals surface area contributed by atoms with Crippen LogP contribution in [0.1, 0.15) is 30.2 Å². The number of hydrogen-bond acceptors (Lipinski definition) is 4. The zero-order valence-corrected chi connectivity index (χ0v) is 15.8. The molecule has 1 fully saturated rings. The van der Waals surface area contributed by atoms with E-state index in [0.717, 1.165) is 12.8 Å². The van der Waals surface area contributed by atoms with Crippen LogP contribution in [-0.2, 0) is 4.79 Å². The molecule has 2 heterocycles. The number of aliphatic hydroxyl groups excluding tert-OH is 1. The van der Waals surface area contributed by atoms with Crippen LogP contribution in [0.5, 0.6) is 0 Å². The average molecular weight is 419 g/mol. The van der Waals surface area contributed by atoms with Crippen molar-refractivity contribution in [2.24, 2.45) is 5.92 Å². The molecule has 1 aromatic carbocycles. The molecule has 1 aliphatic rings. The molecule has 3 aromatic rings. The molecule has 1 saturated carbocycles. The molecular weight excluding hydrogens is 402 g/mol. The minimum atomic E-state index is -4.89. The Labute approximate surface area is 168 Å². The third-order valence-corrected chi connectivity index (χ3v) is 5.03. The first kappa shape index (κ1) is 20.2. The second-order valence-electron chi connectivity index (χ2n) is 7.33. The number of anilines is 1. The van der Waals surface area contributed by atoms with E-state index in [4.69, 9.17) is 0 Å². The van der Waals surface area contributed by atoms with Gasteiger partial charge in [0.15, 0.2) is 6.10 Å². The first-order valence-electron chi connectivity index (χ1n) is 9.27. The van der Waals surface area contributed by atoms with E-state index >= 15 is 0 Å². The molecule has 2 N–H and O–H groups in total. The zero-order chi connectivity index (χ0) is 21.6. The fourth-order valence-electron chi connectivity index (χ4n) is 3.32. The molecule has 0 radical (unpaired) electrons. The van der Waals surface area contributed by atoms with Crippen molar-refractivity contribution in [3.8, 4) is 11.1 Å². The minimum absolute atomic E-state index is 0.0695. The van der Waals surface area contributed by atoms with Crippen LogP contribution in [0.25, 0.3) is 21.9 Å². The van der Waals surface area contributed by atoms with Crippen LogP contribution in [0.15, 0.2) is 36.5 Å². The molecule has 1 aliphatic carbocycles. The van der Waals surface area contributed by atoms with Crippen molar-refractivity contribution in [1.82, 2.24) is 9.97 Å². The van der Waals surface area contributed by atoms with Gasteiger partial charge in [0.25, 0.3) is 0 Å². The van der Waals surface area contributed by atoms with Gasteiger partial charge >= 0.3 is 6.18 Å². The minimum Gasteiger partial charge on any atom is -0.378 e. The van der Waals surface area contributed by atoms with Crippen molar-refractivity contribution in [2.45, 2.75) is 32.0 Å². The van der Waals surface area contributed by atoms with Crippen LogP contribution in [0.2, 0.25) is 0 Å². The Morgan fingerprint density at radius 2 is 1.97 bits per heavy atom. The lowest BCUT2D eigenvalue weighted by Gasteiger charge is -2.19. The molecule has 0 aliphatic heterocycles. The molecule has 1 atom stereocenters. The average Bonchev–Trinajstić information content (AvgIpc) is 3.52. The number of halogens is 4. The van der Waals surface area contributed by atoms with E-state index in [-0.39, 0.29) is 34.2 Å². The Bertz CT molecular complexity index is 1140. The summed E-state index contributed by atoms with van der Waals surface area (Å²) in [4.78, 5) is 19.4. The summed E-state index contributed by atoms with van der Waals surface area (Å²) in [6, 6.07) is 7.42. The lowest BCUT2D eigenvalue weighted by Crippen LogP contribution is -2.22.